The van der Waals surface area contributed by atoms with Crippen molar-refractivity contribution in [2.45, 2.75) is 29.2 Å². The zero-order chi connectivity index (χ0) is 20.3. The first-order valence-corrected chi connectivity index (χ1v) is 10.9. The molecule has 0 spiro atoms. The van der Waals surface area contributed by atoms with Crippen LogP contribution in [0.25, 0.3) is 0 Å². The normalized spacial score (nSPS) is 17.9. The van der Waals surface area contributed by atoms with Crippen molar-refractivity contribution in [3.63, 3.8) is 0 Å². The van der Waals surface area contributed by atoms with Crippen LogP contribution in [0, 0.1) is 0 Å². The molecule has 0 unspecified atom stereocenters. The highest BCUT2D eigenvalue weighted by Crippen LogP contribution is 2.37. The standard InChI is InChI=1S/C23H21NO4S/c25-23(28-16-17-9-3-1-4-10-17)24-22(18-11-5-2-6-12-18)21-15-19-13-7-8-14-20(19)29(21,26)27/h1-14,21-22H,15-16H2,(H,24,25)/t21-,22+/m1/s1. The highest BCUT2D eigenvalue weighted by Gasteiger charge is 2.43. The number of alkyl carbamates (subject to hydrolysis) is 1. The maximum absolute atomic E-state index is 13.2. The third-order valence-electron chi connectivity index (χ3n) is 5.12. The number of nitrogens with one attached hydrogen (secondary N) is 1. The average Bonchev–Trinajstić information content (AvgIpc) is 3.02. The first kappa shape index (κ1) is 19.2. The lowest BCUT2D eigenvalue weighted by Gasteiger charge is -2.24. The Morgan fingerprint density at radius 3 is 2.24 bits per heavy atom. The molecule has 0 saturated carbocycles. The summed E-state index contributed by atoms with van der Waals surface area (Å²) in [6, 6.07) is 24.8. The molecule has 0 aromatic heterocycles. The first-order chi connectivity index (χ1) is 14.1. The highest BCUT2D eigenvalue weighted by molar-refractivity contribution is 7.92. The fourth-order valence-electron chi connectivity index (χ4n) is 3.68. The number of benzene rings is 3. The minimum Gasteiger partial charge on any atom is -0.445 e. The van der Waals surface area contributed by atoms with Gasteiger partial charge in [-0.15, -0.1) is 0 Å². The fraction of sp³-hybridized carbons (Fsp3) is 0.174. The van der Waals surface area contributed by atoms with E-state index in [2.05, 4.69) is 5.32 Å². The average molecular weight is 407 g/mol. The van der Waals surface area contributed by atoms with Gasteiger partial charge in [-0.2, -0.15) is 0 Å². The van der Waals surface area contributed by atoms with Gasteiger partial charge in [0.1, 0.15) is 6.61 Å². The van der Waals surface area contributed by atoms with Crippen LogP contribution in [0.15, 0.2) is 89.8 Å². The van der Waals surface area contributed by atoms with Crippen LogP contribution in [0.3, 0.4) is 0 Å². The van der Waals surface area contributed by atoms with Gasteiger partial charge in [-0.05, 0) is 29.2 Å². The van der Waals surface area contributed by atoms with Gasteiger partial charge in [0.2, 0.25) is 0 Å². The summed E-state index contributed by atoms with van der Waals surface area (Å²) in [6.45, 7) is 0.117. The van der Waals surface area contributed by atoms with Gasteiger partial charge in [0, 0.05) is 0 Å². The molecule has 29 heavy (non-hydrogen) atoms. The Kier molecular flexibility index (Phi) is 5.36. The van der Waals surface area contributed by atoms with Crippen molar-refractivity contribution in [3.05, 3.63) is 102 Å². The summed E-state index contributed by atoms with van der Waals surface area (Å²) in [5.41, 5.74) is 2.36. The summed E-state index contributed by atoms with van der Waals surface area (Å²) in [7, 11) is -3.58. The molecule has 0 saturated heterocycles. The van der Waals surface area contributed by atoms with E-state index < -0.39 is 27.2 Å². The van der Waals surface area contributed by atoms with Gasteiger partial charge in [-0.1, -0.05) is 78.9 Å². The second kappa shape index (κ2) is 8.09. The van der Waals surface area contributed by atoms with E-state index >= 15 is 0 Å². The Morgan fingerprint density at radius 2 is 1.55 bits per heavy atom. The van der Waals surface area contributed by atoms with Gasteiger partial charge in [0.05, 0.1) is 16.2 Å². The van der Waals surface area contributed by atoms with Crippen LogP contribution in [0.5, 0.6) is 0 Å². The molecule has 4 rings (SSSR count). The second-order valence-electron chi connectivity index (χ2n) is 6.99. The summed E-state index contributed by atoms with van der Waals surface area (Å²) in [5, 5.41) is 2.01. The maximum atomic E-state index is 13.2. The van der Waals surface area contributed by atoms with Gasteiger partial charge in [-0.3, -0.25) is 0 Å². The molecule has 1 amide bonds. The summed E-state index contributed by atoms with van der Waals surface area (Å²) >= 11 is 0. The van der Waals surface area contributed by atoms with Crippen molar-refractivity contribution < 1.29 is 17.9 Å². The number of hydrogen-bond donors (Lipinski definition) is 1. The third kappa shape index (κ3) is 4.03. The number of sulfone groups is 1. The van der Waals surface area contributed by atoms with E-state index in [0.717, 1.165) is 16.7 Å². The molecule has 0 radical (unpaired) electrons. The van der Waals surface area contributed by atoms with Gasteiger partial charge in [0.25, 0.3) is 0 Å². The molecular weight excluding hydrogens is 386 g/mol. The summed E-state index contributed by atoms with van der Waals surface area (Å²) in [6.07, 6.45) is -0.300. The smallest absolute Gasteiger partial charge is 0.407 e. The first-order valence-electron chi connectivity index (χ1n) is 9.39. The van der Waals surface area contributed by atoms with E-state index in [1.165, 1.54) is 0 Å². The molecule has 5 nitrogen and oxygen atoms in total. The zero-order valence-electron chi connectivity index (χ0n) is 15.7. The van der Waals surface area contributed by atoms with Gasteiger partial charge in [0.15, 0.2) is 9.84 Å². The number of hydrogen-bond acceptors (Lipinski definition) is 4. The minimum absolute atomic E-state index is 0.117. The third-order valence-corrected chi connectivity index (χ3v) is 7.36. The number of rotatable bonds is 5. The highest BCUT2D eigenvalue weighted by atomic mass is 32.2. The van der Waals surface area contributed by atoms with Gasteiger partial charge >= 0.3 is 6.09 Å². The van der Waals surface area contributed by atoms with Gasteiger partial charge in [-0.25, -0.2) is 13.2 Å². The van der Waals surface area contributed by atoms with E-state index in [9.17, 15) is 13.2 Å². The Morgan fingerprint density at radius 1 is 0.931 bits per heavy atom. The maximum Gasteiger partial charge on any atom is 0.407 e. The molecule has 3 aromatic carbocycles. The van der Waals surface area contributed by atoms with Crippen molar-refractivity contribution in [2.24, 2.45) is 0 Å². The predicted octanol–water partition coefficient (Wildman–Crippen LogP) is 4.05. The Hall–Kier alpha value is -3.12. The fourth-order valence-corrected chi connectivity index (χ4v) is 5.77. The quantitative estimate of drug-likeness (QED) is 0.692. The van der Waals surface area contributed by atoms with Crippen LogP contribution < -0.4 is 5.32 Å². The van der Waals surface area contributed by atoms with Crippen molar-refractivity contribution in [1.82, 2.24) is 5.32 Å². The van der Waals surface area contributed by atoms with Crippen molar-refractivity contribution >= 4 is 15.9 Å². The summed E-state index contributed by atoms with van der Waals surface area (Å²) in [5.74, 6) is 0. The van der Waals surface area contributed by atoms with Crippen LogP contribution in [0.1, 0.15) is 22.7 Å². The van der Waals surface area contributed by atoms with Crippen LogP contribution in [-0.4, -0.2) is 19.8 Å². The summed E-state index contributed by atoms with van der Waals surface area (Å²) < 4.78 is 31.7. The van der Waals surface area contributed by atoms with Crippen molar-refractivity contribution in [3.8, 4) is 0 Å². The largest absolute Gasteiger partial charge is 0.445 e. The molecule has 0 aliphatic carbocycles. The molecule has 1 heterocycles. The second-order valence-corrected chi connectivity index (χ2v) is 9.13. The molecule has 1 aliphatic rings. The lowest BCUT2D eigenvalue weighted by atomic mass is 9.99. The lowest BCUT2D eigenvalue weighted by molar-refractivity contribution is 0.135. The molecule has 0 bridgehead atoms. The number of fused-ring (bicyclic) bond motifs is 1. The van der Waals surface area contributed by atoms with Crippen molar-refractivity contribution in [2.75, 3.05) is 0 Å². The lowest BCUT2D eigenvalue weighted by Crippen LogP contribution is -2.39. The van der Waals surface area contributed by atoms with E-state index in [-0.39, 0.29) is 6.61 Å². The number of carbonyl (C=O) groups is 1. The molecule has 1 aliphatic heterocycles. The Bertz CT molecular complexity index is 1100. The van der Waals surface area contributed by atoms with E-state index in [1.807, 2.05) is 72.8 Å². The molecule has 1 N–H and O–H groups in total. The molecule has 3 aromatic rings. The number of ether oxygens (including phenoxy) is 1. The monoisotopic (exact) mass is 407 g/mol. The molecule has 148 valence electrons. The number of amides is 1. The van der Waals surface area contributed by atoms with Gasteiger partial charge < -0.3 is 10.1 Å². The SMILES string of the molecule is O=C(N[C@@H](c1ccccc1)[C@H]1Cc2ccccc2S1(=O)=O)OCc1ccccc1. The topological polar surface area (TPSA) is 72.5 Å². The Labute approximate surface area is 170 Å². The minimum atomic E-state index is -3.58. The van der Waals surface area contributed by atoms with E-state index in [4.69, 9.17) is 4.74 Å². The zero-order valence-corrected chi connectivity index (χ0v) is 16.5. The van der Waals surface area contributed by atoms with E-state index in [1.54, 1.807) is 12.1 Å². The molecule has 2 atom stereocenters. The Balaban J connectivity index is 1.58. The molecule has 6 heteroatoms. The number of carbonyl (C=O) groups excluding carboxylic acids is 1. The molecular formula is C23H21NO4S. The van der Waals surface area contributed by atoms with Crippen LogP contribution in [0.2, 0.25) is 0 Å². The van der Waals surface area contributed by atoms with Crippen LogP contribution in [-0.2, 0) is 27.6 Å². The predicted molar refractivity (Wildman–Crippen MR) is 110 cm³/mol. The van der Waals surface area contributed by atoms with Crippen LogP contribution >= 0.6 is 0 Å². The summed E-state index contributed by atoms with van der Waals surface area (Å²) in [4.78, 5) is 12.9. The van der Waals surface area contributed by atoms with E-state index in [0.29, 0.717) is 11.3 Å². The van der Waals surface area contributed by atoms with Crippen molar-refractivity contribution in [1.29, 1.82) is 0 Å². The molecule has 0 fully saturated rings. The van der Waals surface area contributed by atoms with Crippen LogP contribution in [0.4, 0.5) is 4.79 Å².